The first-order valence-electron chi connectivity index (χ1n) is 7.54. The van der Waals surface area contributed by atoms with Crippen LogP contribution in [0.3, 0.4) is 0 Å². The van der Waals surface area contributed by atoms with Crippen molar-refractivity contribution in [1.29, 1.82) is 0 Å². The van der Waals surface area contributed by atoms with Crippen molar-refractivity contribution in [3.05, 3.63) is 53.3 Å². The molecule has 0 spiro atoms. The number of nitrogen functional groups attached to an aromatic ring is 1. The van der Waals surface area contributed by atoms with Crippen LogP contribution in [-0.2, 0) is 0 Å². The fourth-order valence-corrected chi connectivity index (χ4v) is 2.77. The molecule has 1 aromatic carbocycles. The molecule has 23 heavy (non-hydrogen) atoms. The smallest absolute Gasteiger partial charge is 0.255 e. The van der Waals surface area contributed by atoms with E-state index in [1.807, 2.05) is 29.2 Å². The Labute approximate surface area is 140 Å². The monoisotopic (exact) mass is 331 g/mol. The van der Waals surface area contributed by atoms with Crippen molar-refractivity contribution in [2.24, 2.45) is 0 Å². The topological polar surface area (TPSA) is 68.5 Å². The van der Waals surface area contributed by atoms with Crippen LogP contribution in [-0.4, -0.2) is 35.0 Å². The zero-order valence-corrected chi connectivity index (χ0v) is 13.4. The molecule has 0 radical (unpaired) electrons. The molecule has 3 rings (SSSR count). The predicted molar refractivity (Wildman–Crippen MR) is 89.7 cm³/mol. The fraction of sp³-hybridized carbons (Fsp3) is 0.294. The first-order valence-corrected chi connectivity index (χ1v) is 7.91. The van der Waals surface area contributed by atoms with Crippen molar-refractivity contribution < 1.29 is 9.53 Å². The summed E-state index contributed by atoms with van der Waals surface area (Å²) in [4.78, 5) is 18.2. The van der Waals surface area contributed by atoms with Crippen molar-refractivity contribution in [2.45, 2.75) is 18.9 Å². The van der Waals surface area contributed by atoms with E-state index in [4.69, 9.17) is 22.1 Å². The second-order valence-corrected chi connectivity index (χ2v) is 6.01. The minimum Gasteiger partial charge on any atom is -0.490 e. The maximum Gasteiger partial charge on any atom is 0.255 e. The molecular formula is C17H18ClN3O2. The Balaban J connectivity index is 1.55. The molecule has 0 saturated carbocycles. The highest BCUT2D eigenvalue weighted by Gasteiger charge is 2.25. The van der Waals surface area contributed by atoms with Gasteiger partial charge in [0.15, 0.2) is 0 Å². The number of pyridine rings is 1. The Kier molecular flexibility index (Phi) is 4.67. The van der Waals surface area contributed by atoms with E-state index in [1.54, 1.807) is 12.3 Å². The van der Waals surface area contributed by atoms with Crippen LogP contribution in [0.1, 0.15) is 23.2 Å². The van der Waals surface area contributed by atoms with Gasteiger partial charge in [0, 0.05) is 43.3 Å². The molecule has 1 aliphatic heterocycles. The van der Waals surface area contributed by atoms with E-state index in [0.717, 1.165) is 18.6 Å². The fourth-order valence-electron chi connectivity index (χ4n) is 2.64. The molecule has 0 bridgehead atoms. The molecule has 2 N–H and O–H groups in total. The minimum atomic E-state index is -0.0326. The summed E-state index contributed by atoms with van der Waals surface area (Å²) >= 11 is 5.86. The average Bonchev–Trinajstić information content (AvgIpc) is 2.57. The maximum atomic E-state index is 12.4. The van der Waals surface area contributed by atoms with Gasteiger partial charge in [0.05, 0.1) is 11.3 Å². The SMILES string of the molecule is Nc1cncc(C(=O)N2CCC(Oc3ccc(Cl)cc3)CC2)c1. The minimum absolute atomic E-state index is 0.0326. The number of nitrogens with zero attached hydrogens (tertiary/aromatic N) is 2. The van der Waals surface area contributed by atoms with Gasteiger partial charge in [0.2, 0.25) is 0 Å². The van der Waals surface area contributed by atoms with Crippen LogP contribution >= 0.6 is 11.6 Å². The molecule has 1 aliphatic rings. The number of carbonyl (C=O) groups excluding carboxylic acids is 1. The predicted octanol–water partition coefficient (Wildman–Crippen LogP) is 3.00. The number of likely N-dealkylation sites (tertiary alicyclic amines) is 1. The van der Waals surface area contributed by atoms with Crippen molar-refractivity contribution >= 4 is 23.2 Å². The molecule has 1 saturated heterocycles. The number of nitrogens with two attached hydrogens (primary N) is 1. The quantitative estimate of drug-likeness (QED) is 0.938. The van der Waals surface area contributed by atoms with E-state index >= 15 is 0 Å². The summed E-state index contributed by atoms with van der Waals surface area (Å²) in [6, 6.07) is 8.99. The summed E-state index contributed by atoms with van der Waals surface area (Å²) in [5.41, 5.74) is 6.71. The summed E-state index contributed by atoms with van der Waals surface area (Å²) in [6.45, 7) is 1.32. The average molecular weight is 332 g/mol. The van der Waals surface area contributed by atoms with Crippen molar-refractivity contribution in [1.82, 2.24) is 9.88 Å². The lowest BCUT2D eigenvalue weighted by molar-refractivity contribution is 0.0595. The molecule has 0 unspecified atom stereocenters. The first kappa shape index (κ1) is 15.6. The number of aromatic nitrogens is 1. The Morgan fingerprint density at radius 1 is 1.22 bits per heavy atom. The van der Waals surface area contributed by atoms with Gasteiger partial charge in [-0.25, -0.2) is 0 Å². The molecule has 2 aromatic rings. The number of hydrogen-bond acceptors (Lipinski definition) is 4. The van der Waals surface area contributed by atoms with E-state index in [0.29, 0.717) is 29.4 Å². The normalized spacial score (nSPS) is 15.4. The number of rotatable bonds is 3. The Hall–Kier alpha value is -2.27. The highest BCUT2D eigenvalue weighted by atomic mass is 35.5. The second-order valence-electron chi connectivity index (χ2n) is 5.57. The first-order chi connectivity index (χ1) is 11.1. The molecule has 6 heteroatoms. The van der Waals surface area contributed by atoms with Gasteiger partial charge >= 0.3 is 0 Å². The summed E-state index contributed by atoms with van der Waals surface area (Å²) in [5, 5.41) is 0.688. The molecule has 1 amide bonds. The third-order valence-electron chi connectivity index (χ3n) is 3.85. The second kappa shape index (κ2) is 6.87. The number of benzene rings is 1. The number of halogens is 1. The Morgan fingerprint density at radius 3 is 2.57 bits per heavy atom. The molecule has 1 aromatic heterocycles. The van der Waals surface area contributed by atoms with Crippen molar-refractivity contribution in [3.8, 4) is 5.75 Å². The lowest BCUT2D eigenvalue weighted by Crippen LogP contribution is -2.41. The third kappa shape index (κ3) is 3.93. The molecule has 120 valence electrons. The summed E-state index contributed by atoms with van der Waals surface area (Å²) < 4.78 is 5.93. The third-order valence-corrected chi connectivity index (χ3v) is 4.10. The molecule has 1 fully saturated rings. The Bertz CT molecular complexity index is 682. The van der Waals surface area contributed by atoms with Crippen molar-refractivity contribution in [2.75, 3.05) is 18.8 Å². The number of hydrogen-bond donors (Lipinski definition) is 1. The van der Waals surface area contributed by atoms with Crippen LogP contribution in [0, 0.1) is 0 Å². The van der Waals surface area contributed by atoms with Crippen LogP contribution < -0.4 is 10.5 Å². The number of ether oxygens (including phenoxy) is 1. The van der Waals surface area contributed by atoms with Gasteiger partial charge in [-0.15, -0.1) is 0 Å². The van der Waals surface area contributed by atoms with Gasteiger partial charge in [-0.1, -0.05) is 11.6 Å². The van der Waals surface area contributed by atoms with Crippen LogP contribution in [0.15, 0.2) is 42.7 Å². The summed E-state index contributed by atoms with van der Waals surface area (Å²) in [7, 11) is 0. The lowest BCUT2D eigenvalue weighted by atomic mass is 10.1. The van der Waals surface area contributed by atoms with E-state index in [1.165, 1.54) is 6.20 Å². The van der Waals surface area contributed by atoms with Gasteiger partial charge in [-0.2, -0.15) is 0 Å². The van der Waals surface area contributed by atoms with Gasteiger partial charge in [-0.3, -0.25) is 9.78 Å². The van der Waals surface area contributed by atoms with Gasteiger partial charge in [-0.05, 0) is 30.3 Å². The molecule has 0 aliphatic carbocycles. The van der Waals surface area contributed by atoms with E-state index in [2.05, 4.69) is 4.98 Å². The van der Waals surface area contributed by atoms with E-state index in [9.17, 15) is 4.79 Å². The molecule has 2 heterocycles. The summed E-state index contributed by atoms with van der Waals surface area (Å²) in [5.74, 6) is 0.772. The molecular weight excluding hydrogens is 314 g/mol. The standard InChI is InChI=1S/C17H18ClN3O2/c18-13-1-3-15(4-2-13)23-16-5-7-21(8-6-16)17(22)12-9-14(19)11-20-10-12/h1-4,9-11,16H,5-8,19H2. The van der Waals surface area contributed by atoms with Crippen molar-refractivity contribution in [3.63, 3.8) is 0 Å². The number of anilines is 1. The Morgan fingerprint density at radius 2 is 1.91 bits per heavy atom. The van der Waals surface area contributed by atoms with E-state index in [-0.39, 0.29) is 12.0 Å². The van der Waals surface area contributed by atoms with E-state index < -0.39 is 0 Å². The number of amides is 1. The zero-order valence-electron chi connectivity index (χ0n) is 12.6. The molecule has 5 nitrogen and oxygen atoms in total. The maximum absolute atomic E-state index is 12.4. The van der Waals surface area contributed by atoms with Crippen LogP contribution in [0.5, 0.6) is 5.75 Å². The number of carbonyl (C=O) groups is 1. The summed E-state index contributed by atoms with van der Waals surface area (Å²) in [6.07, 6.45) is 4.78. The van der Waals surface area contributed by atoms with Crippen LogP contribution in [0.4, 0.5) is 5.69 Å². The van der Waals surface area contributed by atoms with Gasteiger partial charge in [0.1, 0.15) is 11.9 Å². The number of piperidine rings is 1. The largest absolute Gasteiger partial charge is 0.490 e. The highest BCUT2D eigenvalue weighted by Crippen LogP contribution is 2.22. The van der Waals surface area contributed by atoms with Gasteiger partial charge in [0.25, 0.3) is 5.91 Å². The highest BCUT2D eigenvalue weighted by molar-refractivity contribution is 6.30. The van der Waals surface area contributed by atoms with Crippen LogP contribution in [0.2, 0.25) is 5.02 Å². The van der Waals surface area contributed by atoms with Crippen LogP contribution in [0.25, 0.3) is 0 Å². The molecule has 0 atom stereocenters. The lowest BCUT2D eigenvalue weighted by Gasteiger charge is -2.32. The zero-order chi connectivity index (χ0) is 16.2. The van der Waals surface area contributed by atoms with Gasteiger partial charge < -0.3 is 15.4 Å².